The Morgan fingerprint density at radius 2 is 1.78 bits per heavy atom. The fraction of sp³-hybridized carbons (Fsp3) is 0.636. The van der Waals surface area contributed by atoms with Crippen LogP contribution in [0.4, 0.5) is 5.69 Å². The molecule has 0 spiro atoms. The van der Waals surface area contributed by atoms with Crippen LogP contribution in [0.15, 0.2) is 18.2 Å². The zero-order valence-electron chi connectivity index (χ0n) is 16.1. The third kappa shape index (κ3) is 4.03. The minimum absolute atomic E-state index is 0.0459. The number of nitrogens with zero attached hydrogens (tertiary/aromatic N) is 1. The van der Waals surface area contributed by atoms with Gasteiger partial charge in [0.05, 0.1) is 6.10 Å². The summed E-state index contributed by atoms with van der Waals surface area (Å²) in [6.45, 7) is 0. The summed E-state index contributed by atoms with van der Waals surface area (Å²) in [6, 6.07) is 6.40. The zero-order valence-corrected chi connectivity index (χ0v) is 16.1. The van der Waals surface area contributed by atoms with Gasteiger partial charge in [0.15, 0.2) is 0 Å². The average molecular weight is 370 g/mol. The number of aliphatic hydroxyl groups is 1. The maximum atomic E-state index is 12.5. The predicted octanol–water partition coefficient (Wildman–Crippen LogP) is 2.90. The molecular formula is C22H30N2O3. The van der Waals surface area contributed by atoms with Gasteiger partial charge in [-0.3, -0.25) is 9.59 Å². The Labute approximate surface area is 161 Å². The molecular weight excluding hydrogens is 340 g/mol. The van der Waals surface area contributed by atoms with Crippen LogP contribution in [-0.4, -0.2) is 41.0 Å². The number of amides is 2. The van der Waals surface area contributed by atoms with Gasteiger partial charge in [-0.15, -0.1) is 0 Å². The summed E-state index contributed by atoms with van der Waals surface area (Å²) in [5.41, 5.74) is 3.56. The average Bonchev–Trinajstić information content (AvgIpc) is 3.32. The standard InChI is InChI=1S/C22H30N2O3/c1-24(19-10-16-12-20(25)13-17(16)11-19)22(27)8-7-21(26)23-18-6-5-14-3-2-4-15(14)9-18/h5-6,9,16-17,19-20,25H,2-4,7-8,10-13H2,1H3,(H,23,26)/t16-,17+,19?,20?. The number of benzene rings is 1. The predicted molar refractivity (Wildman–Crippen MR) is 104 cm³/mol. The highest BCUT2D eigenvalue weighted by atomic mass is 16.3. The fourth-order valence-electron chi connectivity index (χ4n) is 5.34. The summed E-state index contributed by atoms with van der Waals surface area (Å²) >= 11 is 0. The Morgan fingerprint density at radius 1 is 1.07 bits per heavy atom. The van der Waals surface area contributed by atoms with Crippen molar-refractivity contribution < 1.29 is 14.7 Å². The van der Waals surface area contributed by atoms with Gasteiger partial charge >= 0.3 is 0 Å². The number of carbonyl (C=O) groups is 2. The van der Waals surface area contributed by atoms with Crippen molar-refractivity contribution in [3.05, 3.63) is 29.3 Å². The summed E-state index contributed by atoms with van der Waals surface area (Å²) in [5, 5.41) is 12.7. The van der Waals surface area contributed by atoms with E-state index in [1.165, 1.54) is 17.5 Å². The van der Waals surface area contributed by atoms with E-state index in [1.807, 2.05) is 18.0 Å². The molecule has 27 heavy (non-hydrogen) atoms. The molecule has 2 N–H and O–H groups in total. The van der Waals surface area contributed by atoms with Crippen molar-refractivity contribution in [1.82, 2.24) is 4.90 Å². The van der Waals surface area contributed by atoms with Crippen molar-refractivity contribution in [2.75, 3.05) is 12.4 Å². The largest absolute Gasteiger partial charge is 0.393 e. The van der Waals surface area contributed by atoms with Crippen molar-refractivity contribution in [3.63, 3.8) is 0 Å². The van der Waals surface area contributed by atoms with Gasteiger partial charge in [-0.25, -0.2) is 0 Å². The van der Waals surface area contributed by atoms with Gasteiger partial charge in [0.2, 0.25) is 11.8 Å². The highest BCUT2D eigenvalue weighted by Crippen LogP contribution is 2.45. The van der Waals surface area contributed by atoms with E-state index in [1.54, 1.807) is 0 Å². The van der Waals surface area contributed by atoms with Crippen LogP contribution in [-0.2, 0) is 22.4 Å². The van der Waals surface area contributed by atoms with Gasteiger partial charge in [0.1, 0.15) is 0 Å². The molecule has 0 heterocycles. The van der Waals surface area contributed by atoms with Crippen LogP contribution in [0.25, 0.3) is 0 Å². The molecule has 3 aliphatic rings. The molecule has 0 radical (unpaired) electrons. The first-order valence-corrected chi connectivity index (χ1v) is 10.3. The second kappa shape index (κ2) is 7.63. The molecule has 5 nitrogen and oxygen atoms in total. The van der Waals surface area contributed by atoms with Crippen molar-refractivity contribution in [2.24, 2.45) is 11.8 Å². The lowest BCUT2D eigenvalue weighted by molar-refractivity contribution is -0.133. The van der Waals surface area contributed by atoms with E-state index in [9.17, 15) is 14.7 Å². The normalized spacial score (nSPS) is 28.7. The van der Waals surface area contributed by atoms with Crippen molar-refractivity contribution in [1.29, 1.82) is 0 Å². The Kier molecular flexibility index (Phi) is 5.22. The molecule has 2 unspecified atom stereocenters. The highest BCUT2D eigenvalue weighted by Gasteiger charge is 2.42. The number of anilines is 1. The molecule has 4 rings (SSSR count). The van der Waals surface area contributed by atoms with Crippen molar-refractivity contribution in [3.8, 4) is 0 Å². The zero-order chi connectivity index (χ0) is 19.0. The second-order valence-electron chi connectivity index (χ2n) is 8.66. The summed E-state index contributed by atoms with van der Waals surface area (Å²) in [7, 11) is 1.86. The van der Waals surface area contributed by atoms with Gasteiger partial charge in [0, 0.05) is 31.6 Å². The Morgan fingerprint density at radius 3 is 2.52 bits per heavy atom. The van der Waals surface area contributed by atoms with Crippen molar-refractivity contribution >= 4 is 17.5 Å². The number of hydrogen-bond acceptors (Lipinski definition) is 3. The Bertz CT molecular complexity index is 718. The molecule has 1 aromatic carbocycles. The smallest absolute Gasteiger partial charge is 0.224 e. The van der Waals surface area contributed by atoms with E-state index in [2.05, 4.69) is 17.4 Å². The van der Waals surface area contributed by atoms with Gasteiger partial charge in [-0.1, -0.05) is 6.07 Å². The summed E-state index contributed by atoms with van der Waals surface area (Å²) < 4.78 is 0. The molecule has 5 heteroatoms. The number of nitrogens with one attached hydrogen (secondary N) is 1. The fourth-order valence-corrected chi connectivity index (χ4v) is 5.34. The molecule has 2 fully saturated rings. The van der Waals surface area contributed by atoms with E-state index in [-0.39, 0.29) is 36.8 Å². The van der Waals surface area contributed by atoms with Crippen LogP contribution in [0.5, 0.6) is 0 Å². The Balaban J connectivity index is 1.23. The molecule has 0 aliphatic heterocycles. The molecule has 146 valence electrons. The first-order valence-electron chi connectivity index (χ1n) is 10.3. The van der Waals surface area contributed by atoms with E-state index >= 15 is 0 Å². The minimum atomic E-state index is -0.148. The quantitative estimate of drug-likeness (QED) is 0.837. The monoisotopic (exact) mass is 370 g/mol. The first-order chi connectivity index (χ1) is 13.0. The van der Waals surface area contributed by atoms with Gasteiger partial charge in [-0.05, 0) is 80.0 Å². The highest BCUT2D eigenvalue weighted by molar-refractivity contribution is 5.93. The molecule has 4 atom stereocenters. The van der Waals surface area contributed by atoms with Crippen LogP contribution < -0.4 is 5.32 Å². The van der Waals surface area contributed by atoms with Crippen LogP contribution in [0.3, 0.4) is 0 Å². The molecule has 2 amide bonds. The Hall–Kier alpha value is -1.88. The lowest BCUT2D eigenvalue weighted by Crippen LogP contribution is -2.36. The van der Waals surface area contributed by atoms with Crippen LogP contribution in [0.2, 0.25) is 0 Å². The SMILES string of the molecule is CN(C(=O)CCC(=O)Nc1ccc2c(c1)CCC2)C1C[C@H]2CC(O)C[C@H]2C1. The first kappa shape index (κ1) is 18.5. The third-order valence-corrected chi connectivity index (χ3v) is 6.86. The van der Waals surface area contributed by atoms with Gasteiger partial charge in [0.25, 0.3) is 0 Å². The topological polar surface area (TPSA) is 69.6 Å². The second-order valence-corrected chi connectivity index (χ2v) is 8.66. The van der Waals surface area contributed by atoms with Crippen molar-refractivity contribution in [2.45, 2.75) is 69.9 Å². The number of aryl methyl sites for hydroxylation is 2. The molecule has 0 aromatic heterocycles. The molecule has 3 aliphatic carbocycles. The van der Waals surface area contributed by atoms with E-state index in [0.717, 1.165) is 44.2 Å². The molecule has 0 saturated heterocycles. The van der Waals surface area contributed by atoms with Crippen LogP contribution >= 0.6 is 0 Å². The number of hydrogen-bond donors (Lipinski definition) is 2. The summed E-state index contributed by atoms with van der Waals surface area (Å²) in [6.07, 6.45) is 7.48. The minimum Gasteiger partial charge on any atom is -0.393 e. The van der Waals surface area contributed by atoms with E-state index in [4.69, 9.17) is 0 Å². The number of rotatable bonds is 5. The third-order valence-electron chi connectivity index (χ3n) is 6.86. The van der Waals surface area contributed by atoms with E-state index in [0.29, 0.717) is 11.8 Å². The maximum absolute atomic E-state index is 12.5. The molecule has 1 aromatic rings. The lowest BCUT2D eigenvalue weighted by Gasteiger charge is -2.25. The van der Waals surface area contributed by atoms with Crippen LogP contribution in [0.1, 0.15) is 56.1 Å². The maximum Gasteiger partial charge on any atom is 0.224 e. The number of aliphatic hydroxyl groups excluding tert-OH is 1. The molecule has 0 bridgehead atoms. The number of carbonyl (C=O) groups excluding carboxylic acids is 2. The summed E-state index contributed by atoms with van der Waals surface area (Å²) in [4.78, 5) is 26.6. The number of fused-ring (bicyclic) bond motifs is 2. The molecule has 2 saturated carbocycles. The van der Waals surface area contributed by atoms with E-state index < -0.39 is 0 Å². The lowest BCUT2D eigenvalue weighted by atomic mass is 10.0. The van der Waals surface area contributed by atoms with Gasteiger partial charge < -0.3 is 15.3 Å². The van der Waals surface area contributed by atoms with Crippen LogP contribution in [0, 0.1) is 11.8 Å². The summed E-state index contributed by atoms with van der Waals surface area (Å²) in [5.74, 6) is 1.07. The van der Waals surface area contributed by atoms with Gasteiger partial charge in [-0.2, -0.15) is 0 Å².